The van der Waals surface area contributed by atoms with Gasteiger partial charge in [-0.2, -0.15) is 0 Å². The maximum absolute atomic E-state index is 5.76. The van der Waals surface area contributed by atoms with E-state index in [4.69, 9.17) is 24.9 Å². The molecule has 4 heterocycles. The van der Waals surface area contributed by atoms with E-state index in [2.05, 4.69) is 495 Å². The minimum absolute atomic E-state index is 0.00713. The average molecular weight is 1740 g/mol. The van der Waals surface area contributed by atoms with Crippen molar-refractivity contribution in [2.45, 2.75) is 19.4 Å². The van der Waals surface area contributed by atoms with Crippen molar-refractivity contribution in [3.05, 3.63) is 514 Å². The molecule has 24 rings (SSSR count). The number of hydrogen-bond acceptors (Lipinski definition) is 5. The van der Waals surface area contributed by atoms with E-state index in [1.165, 1.54) is 27.8 Å². The van der Waals surface area contributed by atoms with E-state index < -0.39 is 0 Å². The Morgan fingerprint density at radius 3 is 0.890 bits per heavy atom. The predicted molar refractivity (Wildman–Crippen MR) is 567 cm³/mol. The SMILES string of the molecule is CCC1C(c2cccc(-c3cc(-c4ccccc4)cc(-c4ccccc4)c3)c2)=NC(c2cccc(-c3cccc4c3c3cc(-c5ccccc5)ccc3n4-c3cccc(-c4cccc(-n5c6ccc(-c7ccccc7)cc6c6c(-c7cccc(-c8nc(-c9ccccc9)nc(-c9cccc(-c%10cc(-c%11ccccc%11)cc(-c%11ccccc%11)c%10)c9)n8)c7)cccc65)c4)c3)c2)=NC1c1ccccc1. The first-order valence-electron chi connectivity index (χ1n) is 46.8. The summed E-state index contributed by atoms with van der Waals surface area (Å²) in [7, 11) is 0. The first kappa shape index (κ1) is 81.6. The predicted octanol–water partition coefficient (Wildman–Crippen LogP) is 33.4. The van der Waals surface area contributed by atoms with Crippen LogP contribution in [-0.4, -0.2) is 35.6 Å². The smallest absolute Gasteiger partial charge is 0.164 e. The van der Waals surface area contributed by atoms with Crippen molar-refractivity contribution in [3.63, 3.8) is 0 Å². The topological polar surface area (TPSA) is 73.2 Å². The minimum Gasteiger partial charge on any atom is -0.309 e. The highest BCUT2D eigenvalue weighted by atomic mass is 15.0. The molecule has 7 heteroatoms. The molecule has 0 aliphatic carbocycles. The summed E-state index contributed by atoms with van der Waals surface area (Å²) >= 11 is 0. The number of rotatable bonds is 20. The molecule has 1 aliphatic rings. The van der Waals surface area contributed by atoms with E-state index in [0.29, 0.717) is 23.3 Å². The first-order chi connectivity index (χ1) is 67.3. The van der Waals surface area contributed by atoms with Crippen LogP contribution in [0, 0.1) is 5.92 Å². The van der Waals surface area contributed by atoms with E-state index in [1.54, 1.807) is 0 Å². The third kappa shape index (κ3) is 15.7. The number of fused-ring (bicyclic) bond motifs is 6. The zero-order valence-corrected chi connectivity index (χ0v) is 74.8. The lowest BCUT2D eigenvalue weighted by molar-refractivity contribution is 0.532. The van der Waals surface area contributed by atoms with Gasteiger partial charge in [-0.05, 0) is 261 Å². The zero-order valence-electron chi connectivity index (χ0n) is 74.8. The summed E-state index contributed by atoms with van der Waals surface area (Å²) in [5.41, 5.74) is 38.2. The fraction of sp³-hybridized carbons (Fsp3) is 0.0310. The van der Waals surface area contributed by atoms with Crippen molar-refractivity contribution in [3.8, 4) is 168 Å². The van der Waals surface area contributed by atoms with Gasteiger partial charge in [-0.15, -0.1) is 0 Å². The van der Waals surface area contributed by atoms with Crippen molar-refractivity contribution < 1.29 is 0 Å². The summed E-state index contributed by atoms with van der Waals surface area (Å²) in [6.07, 6.45) is 0.847. The third-order valence-electron chi connectivity index (χ3n) is 26.9. The lowest BCUT2D eigenvalue weighted by Crippen LogP contribution is -2.28. The Morgan fingerprint density at radius 2 is 0.485 bits per heavy atom. The molecule has 0 N–H and O–H groups in total. The van der Waals surface area contributed by atoms with Crippen LogP contribution >= 0.6 is 0 Å². The van der Waals surface area contributed by atoms with Crippen molar-refractivity contribution in [1.82, 2.24) is 24.1 Å². The van der Waals surface area contributed by atoms with E-state index in [1.807, 2.05) is 18.2 Å². The van der Waals surface area contributed by atoms with Crippen molar-refractivity contribution in [1.29, 1.82) is 0 Å². The molecule has 23 aromatic rings. The Bertz CT molecular complexity index is 8420. The highest BCUT2D eigenvalue weighted by Gasteiger charge is 2.33. The van der Waals surface area contributed by atoms with Gasteiger partial charge in [-0.3, -0.25) is 4.99 Å². The minimum atomic E-state index is -0.180. The van der Waals surface area contributed by atoms with Gasteiger partial charge in [0.05, 0.1) is 33.8 Å². The summed E-state index contributed by atoms with van der Waals surface area (Å²) in [6, 6.07) is 180. The molecule has 0 radical (unpaired) electrons. The van der Waals surface area contributed by atoms with E-state index in [9.17, 15) is 0 Å². The van der Waals surface area contributed by atoms with Crippen LogP contribution in [0.25, 0.3) is 212 Å². The van der Waals surface area contributed by atoms with Crippen LogP contribution in [0.2, 0.25) is 0 Å². The van der Waals surface area contributed by atoms with Crippen LogP contribution in [0.4, 0.5) is 0 Å². The molecule has 0 spiro atoms. The van der Waals surface area contributed by atoms with Gasteiger partial charge in [-0.1, -0.05) is 383 Å². The van der Waals surface area contributed by atoms with Gasteiger partial charge in [0.1, 0.15) is 0 Å². The fourth-order valence-electron chi connectivity index (χ4n) is 20.3. The molecule has 640 valence electrons. The molecule has 20 aromatic carbocycles. The van der Waals surface area contributed by atoms with Gasteiger partial charge in [0.15, 0.2) is 23.3 Å². The molecular formula is C129H89N7. The Labute approximate surface area is 791 Å². The summed E-state index contributed by atoms with van der Waals surface area (Å²) < 4.78 is 4.92. The first-order valence-corrected chi connectivity index (χ1v) is 46.8. The normalized spacial score (nSPS) is 13.2. The van der Waals surface area contributed by atoms with Crippen molar-refractivity contribution in [2.75, 3.05) is 0 Å². The summed E-state index contributed by atoms with van der Waals surface area (Å²) in [5, 5.41) is 4.60. The van der Waals surface area contributed by atoms with Crippen LogP contribution in [0.15, 0.2) is 507 Å². The number of amidine groups is 1. The van der Waals surface area contributed by atoms with Gasteiger partial charge in [0.25, 0.3) is 0 Å². The number of aromatic nitrogens is 5. The number of hydrogen-bond donors (Lipinski definition) is 0. The lowest BCUT2D eigenvalue weighted by Gasteiger charge is -2.30. The Balaban J connectivity index is 0.600. The quantitative estimate of drug-likeness (QED) is 0.0763. The van der Waals surface area contributed by atoms with E-state index in [0.717, 1.165) is 195 Å². The molecule has 0 amide bonds. The second-order valence-corrected chi connectivity index (χ2v) is 35.2. The summed E-state index contributed by atoms with van der Waals surface area (Å²) in [5.74, 6) is 2.48. The number of benzene rings is 20. The summed E-state index contributed by atoms with van der Waals surface area (Å²) in [4.78, 5) is 27.6. The van der Waals surface area contributed by atoms with Gasteiger partial charge < -0.3 is 9.13 Å². The Hall–Kier alpha value is -17.7. The molecule has 2 unspecified atom stereocenters. The highest BCUT2D eigenvalue weighted by molar-refractivity contribution is 6.20. The molecule has 0 saturated heterocycles. The maximum Gasteiger partial charge on any atom is 0.164 e. The Morgan fingerprint density at radius 1 is 0.206 bits per heavy atom. The second-order valence-electron chi connectivity index (χ2n) is 35.2. The molecule has 0 bridgehead atoms. The van der Waals surface area contributed by atoms with E-state index >= 15 is 0 Å². The third-order valence-corrected chi connectivity index (χ3v) is 26.9. The van der Waals surface area contributed by atoms with Gasteiger partial charge >= 0.3 is 0 Å². The maximum atomic E-state index is 5.76. The van der Waals surface area contributed by atoms with Crippen LogP contribution < -0.4 is 0 Å². The van der Waals surface area contributed by atoms with Gasteiger partial charge in [0, 0.05) is 61.1 Å². The van der Waals surface area contributed by atoms with Crippen LogP contribution in [0.5, 0.6) is 0 Å². The van der Waals surface area contributed by atoms with Crippen LogP contribution in [0.3, 0.4) is 0 Å². The molecule has 0 fully saturated rings. The fourth-order valence-corrected chi connectivity index (χ4v) is 20.3. The Kier molecular flexibility index (Phi) is 21.3. The standard InChI is InChI=1S/C129H89N7/c1-2-113-124(91-47-23-9-24-48-91)130-127(131-125(113)101-57-27-51-93(71-101)109-77-105(87-39-15-5-16-40-87)75-106(78-109)88-41-17-6-18-42-88)103-59-29-55-99(73-103)114-63-33-65-120-122(114)116-83-97(85-35-11-3-12-36-85)67-69-118(116)135(120)111-61-31-53-95(81-111)96-54-32-62-112(82-96)136-119-70-68-98(86-37-13-4-14-38-86)84-117(119)123-115(64-34-66-121(123)136)100-56-30-60-104(74-100)129-133-126(92-49-25-10-26-50-92)132-128(134-129)102-58-28-52-94(72-102)110-79-107(89-43-19-7-20-44-89)76-108(80-110)90-45-21-8-22-46-90/h3-84,113,124H,2H2,1H3. The summed E-state index contributed by atoms with van der Waals surface area (Å²) in [6.45, 7) is 2.28. The second kappa shape index (κ2) is 35.6. The highest BCUT2D eigenvalue weighted by Crippen LogP contribution is 2.47. The van der Waals surface area contributed by atoms with Gasteiger partial charge in [0.2, 0.25) is 0 Å². The molecule has 136 heavy (non-hydrogen) atoms. The largest absolute Gasteiger partial charge is 0.309 e. The lowest BCUT2D eigenvalue weighted by atomic mass is 9.82. The molecule has 3 aromatic heterocycles. The molecule has 0 saturated carbocycles. The van der Waals surface area contributed by atoms with Gasteiger partial charge in [-0.25, -0.2) is 19.9 Å². The van der Waals surface area contributed by atoms with Crippen molar-refractivity contribution in [2.24, 2.45) is 15.9 Å². The number of aliphatic imine (C=N–C) groups is 2. The monoisotopic (exact) mass is 1740 g/mol. The molecule has 1 aliphatic heterocycles. The molecule has 7 nitrogen and oxygen atoms in total. The molecular weight excluding hydrogens is 1650 g/mol. The number of nitrogens with zero attached hydrogens (tertiary/aromatic N) is 7. The average Bonchev–Trinajstić information content (AvgIpc) is 1.56. The van der Waals surface area contributed by atoms with Crippen LogP contribution in [0.1, 0.15) is 36.1 Å². The zero-order chi connectivity index (χ0) is 90.4. The van der Waals surface area contributed by atoms with E-state index in [-0.39, 0.29) is 12.0 Å². The van der Waals surface area contributed by atoms with Crippen molar-refractivity contribution >= 4 is 55.2 Å². The van der Waals surface area contributed by atoms with Crippen LogP contribution in [-0.2, 0) is 0 Å². The molecule has 2 atom stereocenters.